The van der Waals surface area contributed by atoms with E-state index < -0.39 is 19.7 Å². The number of aromatic nitrogens is 3. The number of benzene rings is 2. The summed E-state index contributed by atoms with van der Waals surface area (Å²) in [5, 5.41) is 19.2. The van der Waals surface area contributed by atoms with Crippen LogP contribution in [0.25, 0.3) is 5.69 Å². The first-order valence-corrected chi connectivity index (χ1v) is 13.7. The molecule has 0 radical (unpaired) electrons. The van der Waals surface area contributed by atoms with Crippen LogP contribution < -0.4 is 4.74 Å². The number of fused-ring (bicyclic) bond motifs is 1. The predicted molar refractivity (Wildman–Crippen MR) is 135 cm³/mol. The van der Waals surface area contributed by atoms with E-state index >= 15 is 4.39 Å². The summed E-state index contributed by atoms with van der Waals surface area (Å²) >= 11 is 12.8. The van der Waals surface area contributed by atoms with E-state index in [0.717, 1.165) is 17.7 Å². The molecule has 3 atom stereocenters. The average Bonchev–Trinajstić information content (AvgIpc) is 3.46. The zero-order chi connectivity index (χ0) is 27.1. The molecular weight excluding hydrogens is 549 g/mol. The molecule has 0 spiro atoms. The monoisotopic (exact) mass is 574 g/mol. The van der Waals surface area contributed by atoms with E-state index in [2.05, 4.69) is 15.1 Å². The third-order valence-electron chi connectivity index (χ3n) is 6.34. The number of ether oxygens (including phenoxy) is 1. The summed E-state index contributed by atoms with van der Waals surface area (Å²) in [6, 6.07) is 8.34. The molecule has 5 rings (SSSR count). The fourth-order valence-corrected chi connectivity index (χ4v) is 5.44. The highest BCUT2D eigenvalue weighted by molar-refractivity contribution is 7.45. The summed E-state index contributed by atoms with van der Waals surface area (Å²) in [5.41, 5.74) is 2.45. The van der Waals surface area contributed by atoms with Crippen LogP contribution in [-0.2, 0) is 11.0 Å². The molecule has 1 aliphatic heterocycles. The van der Waals surface area contributed by atoms with Crippen LogP contribution in [0.3, 0.4) is 0 Å². The molecule has 37 heavy (non-hydrogen) atoms. The number of aryl methyl sites for hydroxylation is 2. The van der Waals surface area contributed by atoms with Crippen molar-refractivity contribution in [3.8, 4) is 11.4 Å². The first-order valence-electron chi connectivity index (χ1n) is 11.3. The van der Waals surface area contributed by atoms with Gasteiger partial charge in [-0.1, -0.05) is 23.2 Å². The van der Waals surface area contributed by atoms with Crippen molar-refractivity contribution < 1.29 is 33.5 Å². The highest BCUT2D eigenvalue weighted by Gasteiger charge is 2.42. The number of aliphatic hydroxyl groups excluding tert-OH is 1. The lowest BCUT2D eigenvalue weighted by Crippen LogP contribution is -2.39. The lowest BCUT2D eigenvalue weighted by atomic mass is 10.1. The van der Waals surface area contributed by atoms with Crippen molar-refractivity contribution in [1.82, 2.24) is 19.7 Å². The topological polar surface area (TPSA) is 141 Å². The Kier molecular flexibility index (Phi) is 8.27. The van der Waals surface area contributed by atoms with E-state index in [-0.39, 0.29) is 17.9 Å². The van der Waals surface area contributed by atoms with E-state index in [4.69, 9.17) is 47.2 Å². The molecule has 2 aliphatic rings. The van der Waals surface area contributed by atoms with Crippen LogP contribution >= 0.6 is 31.0 Å². The fourth-order valence-electron chi connectivity index (χ4n) is 4.85. The van der Waals surface area contributed by atoms with Gasteiger partial charge in [-0.15, -0.1) is 10.2 Å². The lowest BCUT2D eigenvalue weighted by molar-refractivity contribution is 0.0790. The van der Waals surface area contributed by atoms with E-state index in [0.29, 0.717) is 46.8 Å². The normalized spacial score (nSPS) is 21.5. The maximum absolute atomic E-state index is 15.2. The first kappa shape index (κ1) is 27.9. The molecule has 3 aromatic rings. The third-order valence-corrected chi connectivity index (χ3v) is 6.90. The Hall–Kier alpha value is -2.08. The molecule has 14 heteroatoms. The minimum Gasteiger partial charge on any atom is -0.481 e. The van der Waals surface area contributed by atoms with Crippen LogP contribution in [0.2, 0.25) is 10.0 Å². The van der Waals surface area contributed by atoms with Crippen LogP contribution in [0, 0.1) is 19.7 Å². The second kappa shape index (κ2) is 11.0. The highest BCUT2D eigenvalue weighted by Crippen LogP contribution is 2.43. The molecule has 1 fully saturated rings. The maximum Gasteiger partial charge on any atom is 0.466 e. The van der Waals surface area contributed by atoms with Gasteiger partial charge in [-0.25, -0.2) is 8.96 Å². The summed E-state index contributed by atoms with van der Waals surface area (Å²) in [6.07, 6.45) is 0.533. The number of β-amino-alcohol motifs (C(OH)–C–C–N with tert-alkyl or cyclic N) is 1. The van der Waals surface area contributed by atoms with E-state index in [1.807, 2.05) is 19.9 Å². The minimum atomic E-state index is -4.64. The van der Waals surface area contributed by atoms with Crippen LogP contribution in [-0.4, -0.2) is 64.7 Å². The van der Waals surface area contributed by atoms with Gasteiger partial charge < -0.3 is 24.5 Å². The van der Waals surface area contributed by atoms with Gasteiger partial charge in [-0.05, 0) is 56.5 Å². The molecule has 0 bridgehead atoms. The molecule has 2 aromatic carbocycles. The molecular formula is C23H26Cl2FN4O6P. The average molecular weight is 575 g/mol. The fraction of sp³-hybridized carbons (Fsp3) is 0.391. The molecule has 4 N–H and O–H groups in total. The Morgan fingerprint density at radius 2 is 1.76 bits per heavy atom. The summed E-state index contributed by atoms with van der Waals surface area (Å²) in [5.74, 6) is 1.03. The van der Waals surface area contributed by atoms with E-state index in [1.165, 1.54) is 6.07 Å². The maximum atomic E-state index is 15.2. The van der Waals surface area contributed by atoms with Crippen molar-refractivity contribution >= 4 is 31.0 Å². The molecule has 200 valence electrons. The summed E-state index contributed by atoms with van der Waals surface area (Å²) < 4.78 is 32.1. The predicted octanol–water partition coefficient (Wildman–Crippen LogP) is 3.51. The Bertz CT molecular complexity index is 1330. The van der Waals surface area contributed by atoms with Crippen molar-refractivity contribution in [3.63, 3.8) is 0 Å². The Balaban J connectivity index is 0.000000586. The van der Waals surface area contributed by atoms with Crippen molar-refractivity contribution in [2.24, 2.45) is 0 Å². The quantitative estimate of drug-likeness (QED) is 0.344. The Morgan fingerprint density at radius 1 is 1.11 bits per heavy atom. The molecule has 1 aliphatic carbocycles. The standard InChI is InChI=1S/C23H23Cl2FN4O2.H3O4P/c1-12-27-28-13(2)30(12)15-3-4-22(20(26)9-15)32-23-18-7-14(24)8-19(25)17(18)10-21(23)29-6-5-16(31)11-29;1-5(2,3)4/h3-4,7-9,16,21,23,31H,5-6,10-11H2,1-2H3;(H3,1,2,3,4)/t16-,21+,23+;/m1./s1. The summed E-state index contributed by atoms with van der Waals surface area (Å²) in [7, 11) is -4.64. The second-order valence-electron chi connectivity index (χ2n) is 8.96. The van der Waals surface area contributed by atoms with E-state index in [1.54, 1.807) is 22.8 Å². The third kappa shape index (κ3) is 6.50. The molecule has 1 aromatic heterocycles. The van der Waals surface area contributed by atoms with Crippen molar-refractivity contribution in [2.45, 2.75) is 44.9 Å². The first-order chi connectivity index (χ1) is 17.3. The largest absolute Gasteiger partial charge is 0.481 e. The van der Waals surface area contributed by atoms with Crippen molar-refractivity contribution in [2.75, 3.05) is 13.1 Å². The molecule has 10 nitrogen and oxygen atoms in total. The number of likely N-dealkylation sites (tertiary alicyclic amines) is 1. The van der Waals surface area contributed by atoms with Crippen LogP contribution in [0.4, 0.5) is 4.39 Å². The SMILES string of the molecule is Cc1nnc(C)n1-c1ccc(O[C@H]2c3cc(Cl)cc(Cl)c3C[C@@H]2N2CC[C@@H](O)C2)c(F)c1.O=P(O)(O)O. The molecule has 0 saturated carbocycles. The van der Waals surface area contributed by atoms with Crippen LogP contribution in [0.15, 0.2) is 30.3 Å². The number of hydrogen-bond donors (Lipinski definition) is 4. The van der Waals surface area contributed by atoms with Gasteiger partial charge in [0.05, 0.1) is 17.8 Å². The van der Waals surface area contributed by atoms with Gasteiger partial charge >= 0.3 is 7.82 Å². The van der Waals surface area contributed by atoms with Gasteiger partial charge in [-0.2, -0.15) is 0 Å². The van der Waals surface area contributed by atoms with Gasteiger partial charge in [0, 0.05) is 34.8 Å². The zero-order valence-electron chi connectivity index (χ0n) is 19.9. The minimum absolute atomic E-state index is 0.0699. The Morgan fingerprint density at radius 3 is 2.32 bits per heavy atom. The van der Waals surface area contributed by atoms with Crippen LogP contribution in [0.1, 0.15) is 35.3 Å². The van der Waals surface area contributed by atoms with Gasteiger partial charge in [0.2, 0.25) is 0 Å². The molecule has 2 heterocycles. The van der Waals surface area contributed by atoms with E-state index in [9.17, 15) is 5.11 Å². The summed E-state index contributed by atoms with van der Waals surface area (Å²) in [4.78, 5) is 23.8. The van der Waals surface area contributed by atoms with Gasteiger partial charge in [0.15, 0.2) is 11.6 Å². The number of hydrogen-bond acceptors (Lipinski definition) is 6. The number of aliphatic hydroxyl groups is 1. The van der Waals surface area contributed by atoms with Gasteiger partial charge in [-0.3, -0.25) is 9.47 Å². The number of nitrogens with zero attached hydrogens (tertiary/aromatic N) is 4. The molecule has 1 saturated heterocycles. The lowest BCUT2D eigenvalue weighted by Gasteiger charge is -2.30. The molecule has 0 unspecified atom stereocenters. The summed E-state index contributed by atoms with van der Waals surface area (Å²) in [6.45, 7) is 4.94. The zero-order valence-corrected chi connectivity index (χ0v) is 22.3. The number of phosphoric acid groups is 1. The van der Waals surface area contributed by atoms with Crippen molar-refractivity contribution in [1.29, 1.82) is 0 Å². The Labute approximate surface area is 222 Å². The van der Waals surface area contributed by atoms with Crippen LogP contribution in [0.5, 0.6) is 5.75 Å². The smallest absolute Gasteiger partial charge is 0.466 e. The van der Waals surface area contributed by atoms with Gasteiger partial charge in [0.1, 0.15) is 17.8 Å². The number of rotatable bonds is 4. The second-order valence-corrected chi connectivity index (χ2v) is 10.8. The van der Waals surface area contributed by atoms with Gasteiger partial charge in [0.25, 0.3) is 0 Å². The van der Waals surface area contributed by atoms with Crippen molar-refractivity contribution in [3.05, 3.63) is 69.0 Å². The highest BCUT2D eigenvalue weighted by atomic mass is 35.5. The number of halogens is 3. The molecule has 0 amide bonds.